The van der Waals surface area contributed by atoms with Crippen LogP contribution in [-0.4, -0.2) is 37.2 Å². The fourth-order valence-electron chi connectivity index (χ4n) is 5.94. The molecule has 0 heterocycles. The minimum absolute atomic E-state index is 0.115. The van der Waals surface area contributed by atoms with E-state index in [-0.39, 0.29) is 44.0 Å². The van der Waals surface area contributed by atoms with E-state index in [1.165, 1.54) is 57.8 Å². The largest absolute Gasteiger partial charge is 0.462 e. The molecule has 58 heavy (non-hydrogen) atoms. The molecule has 0 aliphatic rings. The zero-order valence-electron chi connectivity index (χ0n) is 37.3. The van der Waals surface area contributed by atoms with Crippen molar-refractivity contribution in [3.8, 4) is 0 Å². The van der Waals surface area contributed by atoms with Crippen molar-refractivity contribution in [2.45, 2.75) is 200 Å². The molecule has 0 aromatic carbocycles. The van der Waals surface area contributed by atoms with Crippen LogP contribution in [0.2, 0.25) is 0 Å². The van der Waals surface area contributed by atoms with Crippen LogP contribution in [0.15, 0.2) is 97.2 Å². The Kier molecular flexibility index (Phi) is 43.1. The van der Waals surface area contributed by atoms with Gasteiger partial charge < -0.3 is 14.2 Å². The van der Waals surface area contributed by atoms with Gasteiger partial charge in [-0.25, -0.2) is 0 Å². The van der Waals surface area contributed by atoms with Gasteiger partial charge in [-0.3, -0.25) is 14.4 Å². The van der Waals surface area contributed by atoms with Crippen LogP contribution < -0.4 is 0 Å². The molecular weight excluding hydrogens is 721 g/mol. The van der Waals surface area contributed by atoms with E-state index in [9.17, 15) is 14.4 Å². The third-order valence-corrected chi connectivity index (χ3v) is 9.40. The van der Waals surface area contributed by atoms with E-state index >= 15 is 0 Å². The van der Waals surface area contributed by atoms with Gasteiger partial charge >= 0.3 is 17.9 Å². The molecule has 1 atom stereocenters. The number of esters is 3. The average Bonchev–Trinajstić information content (AvgIpc) is 3.22. The Bertz CT molecular complexity index is 1200. The number of hydrogen-bond acceptors (Lipinski definition) is 6. The van der Waals surface area contributed by atoms with E-state index < -0.39 is 6.10 Å². The van der Waals surface area contributed by atoms with Gasteiger partial charge in [0, 0.05) is 19.3 Å². The van der Waals surface area contributed by atoms with Crippen LogP contribution >= 0.6 is 0 Å². The zero-order valence-corrected chi connectivity index (χ0v) is 37.3. The number of unbranched alkanes of at least 4 members (excludes halogenated alkanes) is 16. The van der Waals surface area contributed by atoms with Gasteiger partial charge in [-0.2, -0.15) is 0 Å². The van der Waals surface area contributed by atoms with Crippen LogP contribution in [0.5, 0.6) is 0 Å². The maximum absolute atomic E-state index is 12.7. The van der Waals surface area contributed by atoms with Gasteiger partial charge in [0.05, 0.1) is 0 Å². The van der Waals surface area contributed by atoms with E-state index in [1.54, 1.807) is 0 Å². The van der Waals surface area contributed by atoms with Gasteiger partial charge in [0.25, 0.3) is 0 Å². The Morgan fingerprint density at radius 1 is 0.379 bits per heavy atom. The molecule has 0 aromatic rings. The molecule has 0 aliphatic carbocycles. The highest BCUT2D eigenvalue weighted by Crippen LogP contribution is 2.12. The molecule has 0 bridgehead atoms. The first-order chi connectivity index (χ1) is 28.5. The quantitative estimate of drug-likeness (QED) is 0.0202. The Labute approximate surface area is 356 Å². The molecule has 0 N–H and O–H groups in total. The van der Waals surface area contributed by atoms with E-state index in [1.807, 2.05) is 36.5 Å². The molecule has 0 fully saturated rings. The Morgan fingerprint density at radius 3 is 1.36 bits per heavy atom. The molecule has 0 rings (SSSR count). The van der Waals surface area contributed by atoms with Gasteiger partial charge in [0.15, 0.2) is 6.10 Å². The molecule has 1 unspecified atom stereocenters. The fraction of sp³-hybridized carbons (Fsp3) is 0.635. The molecule has 0 aromatic heterocycles. The van der Waals surface area contributed by atoms with Crippen LogP contribution in [-0.2, 0) is 28.6 Å². The SMILES string of the molecule is CC\C=C/C=C\C=C/C=C\CCCCCC(=O)OC(COC(=O)CCC/C=C\C/C=C\C/C=C\CC)COC(=O)CCCCCCC/C=C\CCCCCCCCC. The van der Waals surface area contributed by atoms with Crippen LogP contribution in [0.25, 0.3) is 0 Å². The highest BCUT2D eigenvalue weighted by molar-refractivity contribution is 5.71. The summed E-state index contributed by atoms with van der Waals surface area (Å²) in [6.07, 6.45) is 59.7. The third kappa shape index (κ3) is 43.5. The first-order valence-corrected chi connectivity index (χ1v) is 23.3. The second kappa shape index (κ2) is 46.0. The second-order valence-electron chi connectivity index (χ2n) is 15.0. The van der Waals surface area contributed by atoms with E-state index in [2.05, 4.69) is 81.5 Å². The maximum Gasteiger partial charge on any atom is 0.306 e. The highest BCUT2D eigenvalue weighted by atomic mass is 16.6. The third-order valence-electron chi connectivity index (χ3n) is 9.40. The zero-order chi connectivity index (χ0) is 42.3. The van der Waals surface area contributed by atoms with Crippen LogP contribution in [0.4, 0.5) is 0 Å². The first-order valence-electron chi connectivity index (χ1n) is 23.3. The maximum atomic E-state index is 12.7. The standard InChI is InChI=1S/C52H84O6/c1-4-7-10-13-16-19-22-24-25-26-28-30-33-36-39-42-45-51(54)57-48-49(47-56-50(53)44-41-38-35-32-29-21-18-15-12-9-6-3)58-52(55)46-43-40-37-34-31-27-23-20-17-14-11-8-5-2/h8-9,11-12,14,17-18,20-21,23,25-27,31-32,35,49H,4-7,10,13,15-16,19,22,24,28-30,33-34,36-48H2,1-3H3/b11-8-,12-9-,17-14-,21-18-,23-20-,26-25-,31-27-,35-32-. The summed E-state index contributed by atoms with van der Waals surface area (Å²) in [6.45, 7) is 6.26. The first kappa shape index (κ1) is 54.3. The number of allylic oxidation sites excluding steroid dienone is 16. The van der Waals surface area contributed by atoms with Gasteiger partial charge in [-0.1, -0.05) is 182 Å². The molecule has 0 saturated carbocycles. The van der Waals surface area contributed by atoms with Crippen molar-refractivity contribution in [1.29, 1.82) is 0 Å². The monoisotopic (exact) mass is 805 g/mol. The summed E-state index contributed by atoms with van der Waals surface area (Å²) in [6, 6.07) is 0. The van der Waals surface area contributed by atoms with Crippen molar-refractivity contribution < 1.29 is 28.6 Å². The summed E-state index contributed by atoms with van der Waals surface area (Å²) in [5.41, 5.74) is 0. The fourth-order valence-corrected chi connectivity index (χ4v) is 5.94. The molecule has 0 amide bonds. The van der Waals surface area contributed by atoms with Crippen molar-refractivity contribution in [2.24, 2.45) is 0 Å². The molecule has 0 aliphatic heterocycles. The molecular formula is C52H84O6. The van der Waals surface area contributed by atoms with Gasteiger partial charge in [-0.05, 0) is 89.9 Å². The van der Waals surface area contributed by atoms with Crippen molar-refractivity contribution >= 4 is 17.9 Å². The van der Waals surface area contributed by atoms with Crippen molar-refractivity contribution in [3.63, 3.8) is 0 Å². The van der Waals surface area contributed by atoms with Crippen LogP contribution in [0.3, 0.4) is 0 Å². The molecule has 6 nitrogen and oxygen atoms in total. The predicted octanol–water partition coefficient (Wildman–Crippen LogP) is 15.0. The summed E-state index contributed by atoms with van der Waals surface area (Å²) in [5, 5.41) is 0. The summed E-state index contributed by atoms with van der Waals surface area (Å²) >= 11 is 0. The smallest absolute Gasteiger partial charge is 0.306 e. The minimum Gasteiger partial charge on any atom is -0.462 e. The number of carbonyl (C=O) groups excluding carboxylic acids is 3. The van der Waals surface area contributed by atoms with E-state index in [0.717, 1.165) is 83.5 Å². The number of hydrogen-bond donors (Lipinski definition) is 0. The van der Waals surface area contributed by atoms with Crippen LogP contribution in [0, 0.1) is 0 Å². The van der Waals surface area contributed by atoms with E-state index in [4.69, 9.17) is 14.2 Å². The van der Waals surface area contributed by atoms with Crippen molar-refractivity contribution in [1.82, 2.24) is 0 Å². The topological polar surface area (TPSA) is 78.9 Å². The lowest BCUT2D eigenvalue weighted by Gasteiger charge is -2.18. The number of rotatable bonds is 40. The highest BCUT2D eigenvalue weighted by Gasteiger charge is 2.19. The summed E-state index contributed by atoms with van der Waals surface area (Å²) in [4.78, 5) is 37.7. The minimum atomic E-state index is -0.820. The van der Waals surface area contributed by atoms with Gasteiger partial charge in [0.1, 0.15) is 13.2 Å². The lowest BCUT2D eigenvalue weighted by molar-refractivity contribution is -0.167. The van der Waals surface area contributed by atoms with Crippen molar-refractivity contribution in [2.75, 3.05) is 13.2 Å². The molecule has 0 radical (unpaired) electrons. The molecule has 6 heteroatoms. The van der Waals surface area contributed by atoms with Gasteiger partial charge in [-0.15, -0.1) is 0 Å². The summed E-state index contributed by atoms with van der Waals surface area (Å²) < 4.78 is 16.6. The Morgan fingerprint density at radius 2 is 0.776 bits per heavy atom. The van der Waals surface area contributed by atoms with Crippen LogP contribution in [0.1, 0.15) is 194 Å². The normalized spacial score (nSPS) is 12.9. The Hall–Kier alpha value is -3.67. The summed E-state index contributed by atoms with van der Waals surface area (Å²) in [5.74, 6) is -1.03. The number of ether oxygens (including phenoxy) is 3. The number of carbonyl (C=O) groups is 3. The average molecular weight is 805 g/mol. The molecule has 0 spiro atoms. The van der Waals surface area contributed by atoms with Crippen molar-refractivity contribution in [3.05, 3.63) is 97.2 Å². The second-order valence-corrected chi connectivity index (χ2v) is 15.0. The van der Waals surface area contributed by atoms with E-state index in [0.29, 0.717) is 19.3 Å². The summed E-state index contributed by atoms with van der Waals surface area (Å²) in [7, 11) is 0. The Balaban J connectivity index is 4.50. The molecule has 0 saturated heterocycles. The lowest BCUT2D eigenvalue weighted by atomic mass is 10.1. The van der Waals surface area contributed by atoms with Gasteiger partial charge in [0.2, 0.25) is 0 Å². The predicted molar refractivity (Wildman–Crippen MR) is 247 cm³/mol. The lowest BCUT2D eigenvalue weighted by Crippen LogP contribution is -2.30. The molecule has 328 valence electrons.